The number of halogens is 1. The second kappa shape index (κ2) is 6.26. The van der Waals surface area contributed by atoms with Gasteiger partial charge in [-0.3, -0.25) is 0 Å². The number of nitrogens with one attached hydrogen (secondary N) is 1. The van der Waals surface area contributed by atoms with Gasteiger partial charge in [-0.15, -0.1) is 0 Å². The van der Waals surface area contributed by atoms with Crippen molar-refractivity contribution in [2.24, 2.45) is 0 Å². The summed E-state index contributed by atoms with van der Waals surface area (Å²) in [5, 5.41) is 4.07. The highest BCUT2D eigenvalue weighted by molar-refractivity contribution is 7.99. The summed E-state index contributed by atoms with van der Waals surface area (Å²) in [6.45, 7) is 1.64. The smallest absolute Gasteiger partial charge is 0.127 e. The third kappa shape index (κ3) is 3.49. The van der Waals surface area contributed by atoms with Crippen LogP contribution in [0.15, 0.2) is 24.3 Å². The van der Waals surface area contributed by atoms with Crippen molar-refractivity contribution >= 4 is 11.8 Å². The second-order valence-corrected chi connectivity index (χ2v) is 5.62. The minimum absolute atomic E-state index is 0.105. The number of hydrogen-bond acceptors (Lipinski definition) is 2. The molecule has 1 heterocycles. The minimum atomic E-state index is -0.105. The molecule has 1 aliphatic heterocycles. The SMILES string of the molecule is Fc1ccccc1CNCC1CCCCS1. The van der Waals surface area contributed by atoms with E-state index in [2.05, 4.69) is 5.32 Å². The molecule has 1 aliphatic rings. The molecule has 0 radical (unpaired) electrons. The third-order valence-electron chi connectivity index (χ3n) is 2.92. The van der Waals surface area contributed by atoms with Gasteiger partial charge in [-0.05, 0) is 24.7 Å². The van der Waals surface area contributed by atoms with Crippen LogP contribution in [0.5, 0.6) is 0 Å². The Morgan fingerprint density at radius 2 is 2.19 bits per heavy atom. The molecule has 0 aromatic heterocycles. The lowest BCUT2D eigenvalue weighted by Gasteiger charge is -2.21. The van der Waals surface area contributed by atoms with E-state index in [1.807, 2.05) is 23.9 Å². The van der Waals surface area contributed by atoms with Gasteiger partial charge in [0.15, 0.2) is 0 Å². The molecule has 1 atom stereocenters. The molecular weight excluding hydrogens is 221 g/mol. The minimum Gasteiger partial charge on any atom is -0.311 e. The van der Waals surface area contributed by atoms with Crippen LogP contribution in [0.2, 0.25) is 0 Å². The van der Waals surface area contributed by atoms with Gasteiger partial charge in [0.2, 0.25) is 0 Å². The van der Waals surface area contributed by atoms with Crippen LogP contribution in [0.25, 0.3) is 0 Å². The summed E-state index contributed by atoms with van der Waals surface area (Å²) in [7, 11) is 0. The quantitative estimate of drug-likeness (QED) is 0.866. The highest BCUT2D eigenvalue weighted by atomic mass is 32.2. The summed E-state index contributed by atoms with van der Waals surface area (Å²) in [6, 6.07) is 6.98. The van der Waals surface area contributed by atoms with Crippen molar-refractivity contribution < 1.29 is 4.39 Å². The van der Waals surface area contributed by atoms with Gasteiger partial charge in [0.05, 0.1) is 0 Å². The molecule has 1 N–H and O–H groups in total. The van der Waals surface area contributed by atoms with Gasteiger partial charge >= 0.3 is 0 Å². The molecule has 0 amide bonds. The Balaban J connectivity index is 1.73. The zero-order valence-corrected chi connectivity index (χ0v) is 10.2. The predicted octanol–water partition coefficient (Wildman–Crippen LogP) is 3.20. The van der Waals surface area contributed by atoms with Crippen LogP contribution in [0.3, 0.4) is 0 Å². The molecular formula is C13H18FNS. The first-order chi connectivity index (χ1) is 7.86. The summed E-state index contributed by atoms with van der Waals surface area (Å²) in [5.74, 6) is 1.18. The van der Waals surface area contributed by atoms with Gasteiger partial charge in [-0.2, -0.15) is 11.8 Å². The molecule has 1 aromatic rings. The third-order valence-corrected chi connectivity index (χ3v) is 4.32. The van der Waals surface area contributed by atoms with Crippen molar-refractivity contribution in [1.82, 2.24) is 5.32 Å². The van der Waals surface area contributed by atoms with Crippen molar-refractivity contribution in [2.75, 3.05) is 12.3 Å². The van der Waals surface area contributed by atoms with Gasteiger partial charge in [0.25, 0.3) is 0 Å². The van der Waals surface area contributed by atoms with Crippen LogP contribution >= 0.6 is 11.8 Å². The average Bonchev–Trinajstić information content (AvgIpc) is 2.33. The Hall–Kier alpha value is -0.540. The summed E-state index contributed by atoms with van der Waals surface area (Å²) >= 11 is 2.05. The number of hydrogen-bond donors (Lipinski definition) is 1. The fourth-order valence-electron chi connectivity index (χ4n) is 1.98. The van der Waals surface area contributed by atoms with Crippen molar-refractivity contribution in [3.05, 3.63) is 35.6 Å². The maximum atomic E-state index is 13.3. The number of rotatable bonds is 4. The highest BCUT2D eigenvalue weighted by Gasteiger charge is 2.13. The van der Waals surface area contributed by atoms with E-state index in [-0.39, 0.29) is 5.82 Å². The summed E-state index contributed by atoms with van der Waals surface area (Å²) in [6.07, 6.45) is 4.00. The molecule has 88 valence electrons. The first-order valence-electron chi connectivity index (χ1n) is 5.92. The molecule has 0 bridgehead atoms. The van der Waals surface area contributed by atoms with Crippen LogP contribution in [0.1, 0.15) is 24.8 Å². The Kier molecular flexibility index (Phi) is 4.67. The predicted molar refractivity (Wildman–Crippen MR) is 68.2 cm³/mol. The van der Waals surface area contributed by atoms with Crippen molar-refractivity contribution in [3.63, 3.8) is 0 Å². The van der Waals surface area contributed by atoms with Gasteiger partial charge in [0.1, 0.15) is 5.82 Å². The van der Waals surface area contributed by atoms with E-state index in [0.717, 1.165) is 17.4 Å². The maximum absolute atomic E-state index is 13.3. The standard InChI is InChI=1S/C13H18FNS/c14-13-7-2-1-5-11(13)9-15-10-12-6-3-4-8-16-12/h1-2,5,7,12,15H,3-4,6,8-10H2. The fraction of sp³-hybridized carbons (Fsp3) is 0.538. The Morgan fingerprint density at radius 1 is 1.31 bits per heavy atom. The van der Waals surface area contributed by atoms with Crippen molar-refractivity contribution in [1.29, 1.82) is 0 Å². The molecule has 0 spiro atoms. The Bertz CT molecular complexity index is 323. The summed E-state index contributed by atoms with van der Waals surface area (Å²) in [4.78, 5) is 0. The molecule has 2 rings (SSSR count). The average molecular weight is 239 g/mol. The van der Waals surface area contributed by atoms with Crippen LogP contribution in [0.4, 0.5) is 4.39 Å². The zero-order chi connectivity index (χ0) is 11.2. The van der Waals surface area contributed by atoms with Crippen molar-refractivity contribution in [2.45, 2.75) is 31.1 Å². The first-order valence-corrected chi connectivity index (χ1v) is 6.97. The maximum Gasteiger partial charge on any atom is 0.127 e. The van der Waals surface area contributed by atoms with Crippen LogP contribution in [-0.2, 0) is 6.54 Å². The van der Waals surface area contributed by atoms with Crippen LogP contribution < -0.4 is 5.32 Å². The molecule has 0 aliphatic carbocycles. The van der Waals surface area contributed by atoms with Gasteiger partial charge in [-0.25, -0.2) is 4.39 Å². The van der Waals surface area contributed by atoms with E-state index in [1.54, 1.807) is 6.07 Å². The van der Waals surface area contributed by atoms with Crippen LogP contribution in [0, 0.1) is 5.82 Å². The highest BCUT2D eigenvalue weighted by Crippen LogP contribution is 2.24. The van der Waals surface area contributed by atoms with Gasteiger partial charge in [-0.1, -0.05) is 24.6 Å². The summed E-state index contributed by atoms with van der Waals surface area (Å²) < 4.78 is 13.3. The molecule has 1 aromatic carbocycles. The van der Waals surface area contributed by atoms with Crippen molar-refractivity contribution in [3.8, 4) is 0 Å². The zero-order valence-electron chi connectivity index (χ0n) is 9.42. The normalized spacial score (nSPS) is 20.9. The Morgan fingerprint density at radius 3 is 2.94 bits per heavy atom. The van der Waals surface area contributed by atoms with E-state index >= 15 is 0 Å². The number of thioether (sulfide) groups is 1. The number of benzene rings is 1. The van der Waals surface area contributed by atoms with Crippen LogP contribution in [-0.4, -0.2) is 17.5 Å². The lowest BCUT2D eigenvalue weighted by molar-refractivity contribution is 0.568. The molecule has 0 saturated carbocycles. The molecule has 1 nitrogen and oxygen atoms in total. The summed E-state index contributed by atoms with van der Waals surface area (Å²) in [5.41, 5.74) is 0.767. The molecule has 3 heteroatoms. The first kappa shape index (κ1) is 11.9. The van der Waals surface area contributed by atoms with E-state index in [4.69, 9.17) is 0 Å². The lowest BCUT2D eigenvalue weighted by Crippen LogP contribution is -2.26. The fourth-order valence-corrected chi connectivity index (χ4v) is 3.25. The monoisotopic (exact) mass is 239 g/mol. The molecule has 1 fully saturated rings. The van der Waals surface area contributed by atoms with E-state index in [0.29, 0.717) is 6.54 Å². The lowest BCUT2D eigenvalue weighted by atomic mass is 10.2. The molecule has 1 saturated heterocycles. The Labute approximate surface area is 101 Å². The largest absolute Gasteiger partial charge is 0.311 e. The molecule has 1 unspecified atom stereocenters. The topological polar surface area (TPSA) is 12.0 Å². The van der Waals surface area contributed by atoms with Gasteiger partial charge < -0.3 is 5.32 Å². The van der Waals surface area contributed by atoms with E-state index < -0.39 is 0 Å². The van der Waals surface area contributed by atoms with E-state index in [1.165, 1.54) is 31.1 Å². The van der Waals surface area contributed by atoms with E-state index in [9.17, 15) is 4.39 Å². The van der Waals surface area contributed by atoms with Gasteiger partial charge in [0, 0.05) is 23.9 Å². The molecule has 16 heavy (non-hydrogen) atoms. The second-order valence-electron chi connectivity index (χ2n) is 4.21.